The van der Waals surface area contributed by atoms with Crippen molar-refractivity contribution in [1.82, 2.24) is 0 Å². The summed E-state index contributed by atoms with van der Waals surface area (Å²) in [5.74, 6) is -3.87. The fourth-order valence-electron chi connectivity index (χ4n) is 1.18. The van der Waals surface area contributed by atoms with Gasteiger partial charge in [0.1, 0.15) is 0 Å². The highest BCUT2D eigenvalue weighted by Crippen LogP contribution is 2.34. The Bertz CT molecular complexity index is 244. The Morgan fingerprint density at radius 2 is 1.64 bits per heavy atom. The molecule has 0 aliphatic carbocycles. The molecule has 14 heavy (non-hydrogen) atoms. The van der Waals surface area contributed by atoms with Crippen LogP contribution in [0.2, 0.25) is 0 Å². The number of halogens is 4. The monoisotopic (exact) mass is 214 g/mol. The van der Waals surface area contributed by atoms with E-state index in [1.165, 1.54) is 0 Å². The van der Waals surface area contributed by atoms with Crippen LogP contribution in [-0.4, -0.2) is 24.3 Å². The maximum absolute atomic E-state index is 12.7. The molecule has 0 aromatic carbocycles. The summed E-state index contributed by atoms with van der Waals surface area (Å²) in [5.41, 5.74) is 0. The predicted octanol–water partition coefficient (Wildman–Crippen LogP) is 1.37. The maximum Gasteiger partial charge on any atom is 0.419 e. The highest BCUT2D eigenvalue weighted by molar-refractivity contribution is 5.88. The SMILES string of the molecule is O=C1CC(C(F)C(F)(F)F)CC(=O)O1. The van der Waals surface area contributed by atoms with E-state index in [4.69, 9.17) is 0 Å². The van der Waals surface area contributed by atoms with E-state index >= 15 is 0 Å². The topological polar surface area (TPSA) is 43.4 Å². The molecule has 3 nitrogen and oxygen atoms in total. The summed E-state index contributed by atoms with van der Waals surface area (Å²) in [5, 5.41) is 0. The molecule has 0 saturated carbocycles. The lowest BCUT2D eigenvalue weighted by atomic mass is 9.94. The van der Waals surface area contributed by atoms with Crippen LogP contribution in [0.3, 0.4) is 0 Å². The van der Waals surface area contributed by atoms with Crippen molar-refractivity contribution in [1.29, 1.82) is 0 Å². The van der Waals surface area contributed by atoms with E-state index in [1.54, 1.807) is 0 Å². The van der Waals surface area contributed by atoms with Gasteiger partial charge in [0.05, 0.1) is 12.8 Å². The molecule has 1 atom stereocenters. The molecular weight excluding hydrogens is 208 g/mol. The smallest absolute Gasteiger partial charge is 0.393 e. The number of ether oxygens (including phenoxy) is 1. The van der Waals surface area contributed by atoms with Crippen LogP contribution in [0.1, 0.15) is 12.8 Å². The van der Waals surface area contributed by atoms with Crippen LogP contribution in [0.25, 0.3) is 0 Å². The molecule has 1 fully saturated rings. The van der Waals surface area contributed by atoms with Crippen molar-refractivity contribution in [2.45, 2.75) is 25.2 Å². The van der Waals surface area contributed by atoms with Gasteiger partial charge >= 0.3 is 18.1 Å². The lowest BCUT2D eigenvalue weighted by molar-refractivity contribution is -0.202. The molecule has 80 valence electrons. The normalized spacial score (nSPS) is 22.0. The minimum atomic E-state index is -5.04. The zero-order valence-electron chi connectivity index (χ0n) is 6.81. The van der Waals surface area contributed by atoms with Gasteiger partial charge in [-0.25, -0.2) is 4.39 Å². The van der Waals surface area contributed by atoms with Crippen LogP contribution in [0, 0.1) is 5.92 Å². The van der Waals surface area contributed by atoms with Gasteiger partial charge in [-0.1, -0.05) is 0 Å². The molecule has 0 spiro atoms. The molecule has 1 saturated heterocycles. The van der Waals surface area contributed by atoms with Crippen molar-refractivity contribution < 1.29 is 31.9 Å². The highest BCUT2D eigenvalue weighted by atomic mass is 19.4. The second-order valence-electron chi connectivity index (χ2n) is 2.96. The third kappa shape index (κ3) is 2.43. The van der Waals surface area contributed by atoms with Gasteiger partial charge in [-0.2, -0.15) is 13.2 Å². The average Bonchev–Trinajstić information content (AvgIpc) is 1.99. The van der Waals surface area contributed by atoms with E-state index in [0.717, 1.165) is 0 Å². The third-order valence-electron chi connectivity index (χ3n) is 1.81. The number of esters is 2. The number of rotatable bonds is 1. The molecular formula is C7H6F4O3. The molecule has 1 aliphatic rings. The molecule has 0 amide bonds. The predicted molar refractivity (Wildman–Crippen MR) is 34.8 cm³/mol. The Kier molecular flexibility index (Phi) is 2.77. The first-order chi connectivity index (χ1) is 6.30. The minimum Gasteiger partial charge on any atom is -0.393 e. The van der Waals surface area contributed by atoms with E-state index in [2.05, 4.69) is 4.74 Å². The van der Waals surface area contributed by atoms with Gasteiger partial charge in [0.15, 0.2) is 6.17 Å². The number of carbonyl (C=O) groups excluding carboxylic acids is 2. The fourth-order valence-corrected chi connectivity index (χ4v) is 1.18. The largest absolute Gasteiger partial charge is 0.419 e. The van der Waals surface area contributed by atoms with Crippen molar-refractivity contribution in [3.8, 4) is 0 Å². The molecule has 1 unspecified atom stereocenters. The van der Waals surface area contributed by atoms with Gasteiger partial charge in [0.25, 0.3) is 0 Å². The van der Waals surface area contributed by atoms with E-state index in [-0.39, 0.29) is 0 Å². The molecule has 1 aliphatic heterocycles. The molecule has 1 rings (SSSR count). The van der Waals surface area contributed by atoms with Gasteiger partial charge in [-0.3, -0.25) is 9.59 Å². The Balaban J connectivity index is 2.68. The molecule has 0 bridgehead atoms. The fraction of sp³-hybridized carbons (Fsp3) is 0.714. The van der Waals surface area contributed by atoms with Crippen LogP contribution < -0.4 is 0 Å². The van der Waals surface area contributed by atoms with Crippen LogP contribution in [0.15, 0.2) is 0 Å². The average molecular weight is 214 g/mol. The maximum atomic E-state index is 12.7. The summed E-state index contributed by atoms with van der Waals surface area (Å²) in [4.78, 5) is 21.1. The van der Waals surface area contributed by atoms with Crippen LogP contribution in [0.4, 0.5) is 17.6 Å². The molecule has 0 aromatic heterocycles. The van der Waals surface area contributed by atoms with Crippen molar-refractivity contribution in [2.75, 3.05) is 0 Å². The summed E-state index contributed by atoms with van der Waals surface area (Å²) in [6.45, 7) is 0. The minimum absolute atomic E-state index is 0.716. The van der Waals surface area contributed by atoms with Gasteiger partial charge in [-0.05, 0) is 0 Å². The Labute approximate surface area is 76.0 Å². The number of alkyl halides is 4. The Morgan fingerprint density at radius 1 is 1.21 bits per heavy atom. The van der Waals surface area contributed by atoms with Crippen LogP contribution in [-0.2, 0) is 14.3 Å². The summed E-state index contributed by atoms with van der Waals surface area (Å²) >= 11 is 0. The molecule has 7 heteroatoms. The highest BCUT2D eigenvalue weighted by Gasteiger charge is 2.48. The zero-order chi connectivity index (χ0) is 10.9. The second-order valence-corrected chi connectivity index (χ2v) is 2.96. The van der Waals surface area contributed by atoms with Crippen molar-refractivity contribution in [2.24, 2.45) is 5.92 Å². The third-order valence-corrected chi connectivity index (χ3v) is 1.81. The van der Waals surface area contributed by atoms with E-state index in [9.17, 15) is 27.2 Å². The van der Waals surface area contributed by atoms with Gasteiger partial charge in [0, 0.05) is 5.92 Å². The van der Waals surface area contributed by atoms with Gasteiger partial charge in [-0.15, -0.1) is 0 Å². The lowest BCUT2D eigenvalue weighted by Crippen LogP contribution is -2.38. The summed E-state index contributed by atoms with van der Waals surface area (Å²) < 4.78 is 52.2. The van der Waals surface area contributed by atoms with Crippen LogP contribution in [0.5, 0.6) is 0 Å². The number of hydrogen-bond donors (Lipinski definition) is 0. The first-order valence-corrected chi connectivity index (χ1v) is 3.75. The summed E-state index contributed by atoms with van der Waals surface area (Å²) in [7, 11) is 0. The Hall–Kier alpha value is -1.14. The summed E-state index contributed by atoms with van der Waals surface area (Å²) in [6, 6.07) is 0. The van der Waals surface area contributed by atoms with E-state index in [1.807, 2.05) is 0 Å². The van der Waals surface area contributed by atoms with Gasteiger partial charge in [0.2, 0.25) is 0 Å². The number of carbonyl (C=O) groups is 2. The van der Waals surface area contributed by atoms with Crippen molar-refractivity contribution in [3.05, 3.63) is 0 Å². The molecule has 0 N–H and O–H groups in total. The summed E-state index contributed by atoms with van der Waals surface area (Å²) in [6.07, 6.45) is -9.62. The van der Waals surface area contributed by atoms with E-state index < -0.39 is 43.0 Å². The zero-order valence-corrected chi connectivity index (χ0v) is 6.81. The first-order valence-electron chi connectivity index (χ1n) is 3.75. The molecule has 1 heterocycles. The van der Waals surface area contributed by atoms with E-state index in [0.29, 0.717) is 0 Å². The standard InChI is InChI=1S/C7H6F4O3/c8-6(7(9,10)11)3-1-4(12)14-5(13)2-3/h3,6H,1-2H2. The molecule has 0 radical (unpaired) electrons. The first kappa shape index (κ1) is 10.9. The van der Waals surface area contributed by atoms with Gasteiger partial charge < -0.3 is 4.74 Å². The lowest BCUT2D eigenvalue weighted by Gasteiger charge is -2.24. The number of cyclic esters (lactones) is 2. The Morgan fingerprint density at radius 3 is 2.00 bits per heavy atom. The quantitative estimate of drug-likeness (QED) is 0.376. The van der Waals surface area contributed by atoms with Crippen molar-refractivity contribution in [3.63, 3.8) is 0 Å². The number of hydrogen-bond acceptors (Lipinski definition) is 3. The van der Waals surface area contributed by atoms with Crippen LogP contribution >= 0.6 is 0 Å². The van der Waals surface area contributed by atoms with Crippen molar-refractivity contribution >= 4 is 11.9 Å². The molecule has 0 aromatic rings. The second kappa shape index (κ2) is 3.55.